The van der Waals surface area contributed by atoms with Crippen LogP contribution in [0.2, 0.25) is 0 Å². The summed E-state index contributed by atoms with van der Waals surface area (Å²) >= 11 is 0. The summed E-state index contributed by atoms with van der Waals surface area (Å²) in [6, 6.07) is 5.72. The molecule has 0 spiro atoms. The van der Waals surface area contributed by atoms with Crippen LogP contribution in [0.3, 0.4) is 0 Å². The fourth-order valence-electron chi connectivity index (χ4n) is 1.74. The number of nitrogens with zero attached hydrogens (tertiary/aromatic N) is 4. The molecule has 0 radical (unpaired) electrons. The molecule has 2 heterocycles. The lowest BCUT2D eigenvalue weighted by molar-refractivity contribution is -0.118. The van der Waals surface area contributed by atoms with E-state index in [2.05, 4.69) is 9.97 Å². The van der Waals surface area contributed by atoms with Crippen LogP contribution in [0.4, 0.5) is 0 Å². The molecule has 0 N–H and O–H groups in total. The van der Waals surface area contributed by atoms with Crippen LogP contribution < -0.4 is 0 Å². The maximum absolute atomic E-state index is 11.0. The molecule has 94 valence electrons. The van der Waals surface area contributed by atoms with Gasteiger partial charge in [0.2, 0.25) is 6.41 Å². The molecule has 0 saturated heterocycles. The zero-order valence-corrected chi connectivity index (χ0v) is 10.1. The van der Waals surface area contributed by atoms with E-state index >= 15 is 0 Å². The van der Waals surface area contributed by atoms with E-state index in [1.165, 1.54) is 0 Å². The van der Waals surface area contributed by atoms with Crippen molar-refractivity contribution in [3.63, 3.8) is 0 Å². The minimum Gasteiger partial charge on any atom is -0.339 e. The van der Waals surface area contributed by atoms with E-state index in [0.29, 0.717) is 6.54 Å². The van der Waals surface area contributed by atoms with Crippen molar-refractivity contribution in [1.82, 2.24) is 19.4 Å². The molecule has 0 aromatic carbocycles. The molecule has 5 heteroatoms. The summed E-state index contributed by atoms with van der Waals surface area (Å²) < 4.78 is 2.00. The first-order valence-corrected chi connectivity index (χ1v) is 5.93. The summed E-state index contributed by atoms with van der Waals surface area (Å²) in [5, 5.41) is 0. The predicted molar refractivity (Wildman–Crippen MR) is 67.6 cm³/mol. The number of aromatic nitrogens is 3. The van der Waals surface area contributed by atoms with Crippen molar-refractivity contribution in [2.75, 3.05) is 6.54 Å². The van der Waals surface area contributed by atoms with Crippen molar-refractivity contribution in [2.24, 2.45) is 0 Å². The van der Waals surface area contributed by atoms with Crippen molar-refractivity contribution in [2.45, 2.75) is 19.5 Å². The monoisotopic (exact) mass is 244 g/mol. The smallest absolute Gasteiger partial charge is 0.210 e. The first-order chi connectivity index (χ1) is 8.88. The minimum atomic E-state index is 0.564. The molecule has 0 aliphatic rings. The molecule has 5 nitrogen and oxygen atoms in total. The molecule has 0 fully saturated rings. The number of carbonyl (C=O) groups excluding carboxylic acids is 1. The lowest BCUT2D eigenvalue weighted by Crippen LogP contribution is -2.24. The van der Waals surface area contributed by atoms with Crippen LogP contribution in [0.5, 0.6) is 0 Å². The minimum absolute atomic E-state index is 0.564. The van der Waals surface area contributed by atoms with Crippen molar-refractivity contribution in [1.29, 1.82) is 0 Å². The van der Waals surface area contributed by atoms with Crippen LogP contribution >= 0.6 is 0 Å². The fraction of sp³-hybridized carbons (Fsp3) is 0.308. The second kappa shape index (κ2) is 6.54. The topological polar surface area (TPSA) is 51.0 Å². The van der Waals surface area contributed by atoms with E-state index in [0.717, 1.165) is 31.6 Å². The fourth-order valence-corrected chi connectivity index (χ4v) is 1.74. The molecule has 18 heavy (non-hydrogen) atoms. The SMILES string of the molecule is O=CN(CCCn1ccnc1)Cc1ccccn1. The third-order valence-electron chi connectivity index (χ3n) is 2.66. The Morgan fingerprint density at radius 2 is 2.28 bits per heavy atom. The van der Waals surface area contributed by atoms with Gasteiger partial charge in [0, 0.05) is 31.7 Å². The quantitative estimate of drug-likeness (QED) is 0.690. The van der Waals surface area contributed by atoms with Gasteiger partial charge in [-0.25, -0.2) is 4.98 Å². The van der Waals surface area contributed by atoms with Crippen LogP contribution in [0.1, 0.15) is 12.1 Å². The van der Waals surface area contributed by atoms with E-state index in [1.807, 2.05) is 29.0 Å². The molecular weight excluding hydrogens is 228 g/mol. The number of rotatable bonds is 7. The first-order valence-electron chi connectivity index (χ1n) is 5.93. The molecule has 0 bridgehead atoms. The van der Waals surface area contributed by atoms with Crippen molar-refractivity contribution < 1.29 is 4.79 Å². The standard InChI is InChI=1S/C13H16N4O/c18-12-17(10-13-4-1-2-5-15-13)8-3-7-16-9-6-14-11-16/h1-2,4-6,9,11-12H,3,7-8,10H2. The van der Waals surface area contributed by atoms with Crippen molar-refractivity contribution in [3.8, 4) is 0 Å². The number of amides is 1. The molecular formula is C13H16N4O. The highest BCUT2D eigenvalue weighted by Gasteiger charge is 2.03. The zero-order valence-electron chi connectivity index (χ0n) is 10.1. The van der Waals surface area contributed by atoms with Gasteiger partial charge in [0.05, 0.1) is 18.6 Å². The number of imidazole rings is 1. The average Bonchev–Trinajstić information content (AvgIpc) is 2.92. The second-order valence-corrected chi connectivity index (χ2v) is 4.05. The molecule has 0 unspecified atom stereocenters. The molecule has 2 rings (SSSR count). The normalized spacial score (nSPS) is 10.2. The Labute approximate surface area is 106 Å². The van der Waals surface area contributed by atoms with Gasteiger partial charge in [-0.15, -0.1) is 0 Å². The third kappa shape index (κ3) is 3.69. The number of carbonyl (C=O) groups is 1. The summed E-state index contributed by atoms with van der Waals surface area (Å²) in [5.41, 5.74) is 0.909. The van der Waals surface area contributed by atoms with Crippen LogP contribution in [-0.4, -0.2) is 32.4 Å². The van der Waals surface area contributed by atoms with E-state index in [4.69, 9.17) is 0 Å². The van der Waals surface area contributed by atoms with Gasteiger partial charge in [-0.1, -0.05) is 6.07 Å². The molecule has 0 aliphatic heterocycles. The van der Waals surface area contributed by atoms with Gasteiger partial charge in [0.1, 0.15) is 0 Å². The largest absolute Gasteiger partial charge is 0.339 e. The Kier molecular flexibility index (Phi) is 4.46. The lowest BCUT2D eigenvalue weighted by Gasteiger charge is -2.16. The van der Waals surface area contributed by atoms with Gasteiger partial charge in [-0.3, -0.25) is 9.78 Å². The summed E-state index contributed by atoms with van der Waals surface area (Å²) in [6.07, 6.45) is 8.98. The van der Waals surface area contributed by atoms with Gasteiger partial charge in [-0.05, 0) is 18.6 Å². The summed E-state index contributed by atoms with van der Waals surface area (Å²) in [4.78, 5) is 20.9. The van der Waals surface area contributed by atoms with E-state index < -0.39 is 0 Å². The Balaban J connectivity index is 1.77. The maximum atomic E-state index is 11.0. The highest BCUT2D eigenvalue weighted by molar-refractivity contribution is 5.47. The van der Waals surface area contributed by atoms with Crippen LogP contribution in [0.15, 0.2) is 43.1 Å². The number of hydrogen-bond acceptors (Lipinski definition) is 3. The summed E-state index contributed by atoms with van der Waals surface area (Å²) in [6.45, 7) is 2.15. The highest BCUT2D eigenvalue weighted by atomic mass is 16.1. The van der Waals surface area contributed by atoms with Gasteiger partial charge in [-0.2, -0.15) is 0 Å². The van der Waals surface area contributed by atoms with Gasteiger partial charge in [0.25, 0.3) is 0 Å². The highest BCUT2D eigenvalue weighted by Crippen LogP contribution is 2.01. The number of hydrogen-bond donors (Lipinski definition) is 0. The molecule has 2 aromatic heterocycles. The maximum Gasteiger partial charge on any atom is 0.210 e. The predicted octanol–water partition coefficient (Wildman–Crippen LogP) is 1.33. The Bertz CT molecular complexity index is 455. The first kappa shape index (κ1) is 12.3. The molecule has 1 amide bonds. The van der Waals surface area contributed by atoms with E-state index in [9.17, 15) is 4.79 Å². The summed E-state index contributed by atoms with van der Waals surface area (Å²) in [5.74, 6) is 0. The Morgan fingerprint density at radius 3 is 2.94 bits per heavy atom. The van der Waals surface area contributed by atoms with E-state index in [1.54, 1.807) is 23.6 Å². The van der Waals surface area contributed by atoms with Gasteiger partial charge < -0.3 is 9.47 Å². The molecule has 0 saturated carbocycles. The molecule has 2 aromatic rings. The summed E-state index contributed by atoms with van der Waals surface area (Å²) in [7, 11) is 0. The number of pyridine rings is 1. The Morgan fingerprint density at radius 1 is 1.33 bits per heavy atom. The van der Waals surface area contributed by atoms with Crippen LogP contribution in [0.25, 0.3) is 0 Å². The Hall–Kier alpha value is -2.17. The lowest BCUT2D eigenvalue weighted by atomic mass is 10.3. The third-order valence-corrected chi connectivity index (χ3v) is 2.66. The van der Waals surface area contributed by atoms with Crippen LogP contribution in [-0.2, 0) is 17.9 Å². The van der Waals surface area contributed by atoms with Crippen molar-refractivity contribution >= 4 is 6.41 Å². The van der Waals surface area contributed by atoms with Crippen LogP contribution in [0, 0.1) is 0 Å². The van der Waals surface area contributed by atoms with Crippen molar-refractivity contribution in [3.05, 3.63) is 48.8 Å². The van der Waals surface area contributed by atoms with Gasteiger partial charge >= 0.3 is 0 Å². The average molecular weight is 244 g/mol. The number of aryl methyl sites for hydroxylation is 1. The van der Waals surface area contributed by atoms with Gasteiger partial charge in [0.15, 0.2) is 0 Å². The molecule has 0 aliphatic carbocycles. The zero-order chi connectivity index (χ0) is 12.6. The second-order valence-electron chi connectivity index (χ2n) is 4.05. The molecule has 0 atom stereocenters. The van der Waals surface area contributed by atoms with E-state index in [-0.39, 0.29) is 0 Å².